The van der Waals surface area contributed by atoms with Crippen molar-refractivity contribution >= 4 is 17.4 Å². The first-order valence-electron chi connectivity index (χ1n) is 10.1. The number of hydrogen-bond acceptors (Lipinski definition) is 7. The number of nitrogens with one attached hydrogen (secondary N) is 1. The molecule has 1 unspecified atom stereocenters. The van der Waals surface area contributed by atoms with Crippen molar-refractivity contribution in [1.82, 2.24) is 24.6 Å². The van der Waals surface area contributed by atoms with Gasteiger partial charge in [0.1, 0.15) is 12.1 Å². The Balaban J connectivity index is 1.38. The lowest BCUT2D eigenvalue weighted by atomic mass is 9.97. The molecule has 0 bridgehead atoms. The van der Waals surface area contributed by atoms with E-state index in [1.807, 2.05) is 19.1 Å². The number of likely N-dealkylation sites (tertiary alicyclic amines) is 1. The highest BCUT2D eigenvalue weighted by atomic mass is 16.6. The summed E-state index contributed by atoms with van der Waals surface area (Å²) in [6.45, 7) is 3.86. The van der Waals surface area contributed by atoms with Crippen molar-refractivity contribution in [3.05, 3.63) is 64.6 Å². The number of hydrogen-bond donors (Lipinski definition) is 1. The second-order valence-corrected chi connectivity index (χ2v) is 7.63. The number of nitro benzene ring substituents is 1. The zero-order valence-electron chi connectivity index (χ0n) is 17.1. The Morgan fingerprint density at radius 3 is 2.94 bits per heavy atom. The lowest BCUT2D eigenvalue weighted by Crippen LogP contribution is -2.41. The fourth-order valence-electron chi connectivity index (χ4n) is 3.70. The molecule has 1 aliphatic heterocycles. The number of nitrogens with zero attached hydrogens (tertiary/aromatic N) is 6. The first kappa shape index (κ1) is 20.6. The van der Waals surface area contributed by atoms with Gasteiger partial charge in [-0.1, -0.05) is 18.2 Å². The Hall–Kier alpha value is -3.66. The van der Waals surface area contributed by atoms with Gasteiger partial charge in [-0.05, 0) is 38.4 Å². The normalized spacial score (nSPS) is 16.7. The Kier molecular flexibility index (Phi) is 5.99. The van der Waals surface area contributed by atoms with Crippen LogP contribution in [0.4, 0.5) is 11.5 Å². The number of piperidine rings is 1. The quantitative estimate of drug-likeness (QED) is 0.480. The SMILES string of the molecule is Cc1cccc(NC(=O)C2CCCN(Cn3cnc(-c4cccc([N+](=O)[O-])c4)n3)C2)n1. The molecule has 10 heteroatoms. The van der Waals surface area contributed by atoms with E-state index >= 15 is 0 Å². The molecule has 1 atom stereocenters. The molecule has 31 heavy (non-hydrogen) atoms. The summed E-state index contributed by atoms with van der Waals surface area (Å²) in [5, 5.41) is 18.3. The summed E-state index contributed by atoms with van der Waals surface area (Å²) in [7, 11) is 0. The standard InChI is InChI=1S/C21H23N7O3/c1-15-5-2-9-19(23-15)24-21(29)17-7-4-10-26(12-17)14-27-13-22-20(25-27)16-6-3-8-18(11-16)28(30)31/h2-3,5-6,8-9,11,13,17H,4,7,10,12,14H2,1H3,(H,23,24,29). The molecule has 0 aliphatic carbocycles. The number of aromatic nitrogens is 4. The van der Waals surface area contributed by atoms with Crippen LogP contribution in [0.2, 0.25) is 0 Å². The Morgan fingerprint density at radius 1 is 1.29 bits per heavy atom. The molecule has 1 saturated heterocycles. The number of non-ortho nitro benzene ring substituents is 1. The van der Waals surface area contributed by atoms with Crippen LogP contribution in [0, 0.1) is 23.0 Å². The Bertz CT molecular complexity index is 1100. The van der Waals surface area contributed by atoms with Gasteiger partial charge in [-0.15, -0.1) is 5.10 Å². The summed E-state index contributed by atoms with van der Waals surface area (Å²) in [5.41, 5.74) is 1.45. The molecule has 1 amide bonds. The minimum Gasteiger partial charge on any atom is -0.310 e. The molecule has 4 rings (SSSR count). The maximum atomic E-state index is 12.7. The fraction of sp³-hybridized carbons (Fsp3) is 0.333. The summed E-state index contributed by atoms with van der Waals surface area (Å²) < 4.78 is 1.69. The third-order valence-corrected chi connectivity index (χ3v) is 5.21. The maximum Gasteiger partial charge on any atom is 0.270 e. The Morgan fingerprint density at radius 2 is 2.13 bits per heavy atom. The van der Waals surface area contributed by atoms with Crippen LogP contribution >= 0.6 is 0 Å². The number of anilines is 1. The van der Waals surface area contributed by atoms with E-state index in [1.54, 1.807) is 29.2 Å². The minimum absolute atomic E-state index is 0.00170. The summed E-state index contributed by atoms with van der Waals surface area (Å²) >= 11 is 0. The molecular weight excluding hydrogens is 398 g/mol. The molecular formula is C21H23N7O3. The van der Waals surface area contributed by atoms with E-state index in [1.165, 1.54) is 12.1 Å². The number of pyridine rings is 1. The van der Waals surface area contributed by atoms with Crippen LogP contribution in [0.15, 0.2) is 48.8 Å². The van der Waals surface area contributed by atoms with Gasteiger partial charge < -0.3 is 5.32 Å². The van der Waals surface area contributed by atoms with Gasteiger partial charge in [-0.3, -0.25) is 19.8 Å². The lowest BCUT2D eigenvalue weighted by molar-refractivity contribution is -0.384. The smallest absolute Gasteiger partial charge is 0.270 e. The summed E-state index contributed by atoms with van der Waals surface area (Å²) in [5.74, 6) is 0.843. The zero-order valence-corrected chi connectivity index (χ0v) is 17.1. The minimum atomic E-state index is -0.439. The molecule has 1 fully saturated rings. The highest BCUT2D eigenvalue weighted by molar-refractivity contribution is 5.91. The van der Waals surface area contributed by atoms with Crippen LogP contribution < -0.4 is 5.32 Å². The first-order valence-corrected chi connectivity index (χ1v) is 10.1. The number of carbonyl (C=O) groups is 1. The zero-order chi connectivity index (χ0) is 21.8. The average molecular weight is 421 g/mol. The Labute approximate surface area is 179 Å². The third-order valence-electron chi connectivity index (χ3n) is 5.21. The summed E-state index contributed by atoms with van der Waals surface area (Å²) in [4.78, 5) is 34.0. The number of rotatable bonds is 6. The molecule has 0 spiro atoms. The van der Waals surface area contributed by atoms with Crippen molar-refractivity contribution in [1.29, 1.82) is 0 Å². The maximum absolute atomic E-state index is 12.7. The second-order valence-electron chi connectivity index (χ2n) is 7.63. The van der Waals surface area contributed by atoms with Gasteiger partial charge in [0.15, 0.2) is 5.82 Å². The largest absolute Gasteiger partial charge is 0.310 e. The van der Waals surface area contributed by atoms with E-state index < -0.39 is 4.92 Å². The van der Waals surface area contributed by atoms with Crippen LogP contribution in [-0.4, -0.2) is 48.6 Å². The molecule has 3 aromatic rings. The predicted molar refractivity (Wildman–Crippen MR) is 114 cm³/mol. The van der Waals surface area contributed by atoms with Crippen LogP contribution in [0.3, 0.4) is 0 Å². The van der Waals surface area contributed by atoms with Gasteiger partial charge in [0.25, 0.3) is 5.69 Å². The van der Waals surface area contributed by atoms with Gasteiger partial charge in [0, 0.05) is 29.9 Å². The van der Waals surface area contributed by atoms with Crippen LogP contribution in [0.5, 0.6) is 0 Å². The monoisotopic (exact) mass is 421 g/mol. The number of carbonyl (C=O) groups excluding carboxylic acids is 1. The van der Waals surface area contributed by atoms with Crippen LogP contribution in [0.25, 0.3) is 11.4 Å². The molecule has 1 aliphatic rings. The van der Waals surface area contributed by atoms with Crippen molar-refractivity contribution in [2.75, 3.05) is 18.4 Å². The van der Waals surface area contributed by atoms with E-state index in [0.717, 1.165) is 25.1 Å². The van der Waals surface area contributed by atoms with Crippen molar-refractivity contribution in [3.63, 3.8) is 0 Å². The lowest BCUT2D eigenvalue weighted by Gasteiger charge is -2.31. The highest BCUT2D eigenvalue weighted by Gasteiger charge is 2.26. The molecule has 0 radical (unpaired) electrons. The van der Waals surface area contributed by atoms with E-state index in [-0.39, 0.29) is 17.5 Å². The number of benzene rings is 1. The van der Waals surface area contributed by atoms with Crippen molar-refractivity contribution in [2.45, 2.75) is 26.4 Å². The highest BCUT2D eigenvalue weighted by Crippen LogP contribution is 2.22. The molecule has 3 heterocycles. The topological polar surface area (TPSA) is 119 Å². The fourth-order valence-corrected chi connectivity index (χ4v) is 3.70. The number of nitro groups is 1. The summed E-state index contributed by atoms with van der Waals surface area (Å²) in [6, 6.07) is 11.8. The number of aryl methyl sites for hydroxylation is 1. The van der Waals surface area contributed by atoms with Gasteiger partial charge in [0.05, 0.1) is 17.5 Å². The molecule has 1 aromatic carbocycles. The van der Waals surface area contributed by atoms with Crippen molar-refractivity contribution in [2.24, 2.45) is 5.92 Å². The van der Waals surface area contributed by atoms with Gasteiger partial charge in [0.2, 0.25) is 5.91 Å². The third kappa shape index (κ3) is 5.10. The second kappa shape index (κ2) is 9.00. The molecule has 2 aromatic heterocycles. The molecule has 160 valence electrons. The predicted octanol–water partition coefficient (Wildman–Crippen LogP) is 2.86. The van der Waals surface area contributed by atoms with E-state index in [2.05, 4.69) is 25.3 Å². The van der Waals surface area contributed by atoms with Crippen LogP contribution in [-0.2, 0) is 11.5 Å². The van der Waals surface area contributed by atoms with Gasteiger partial charge >= 0.3 is 0 Å². The molecule has 0 saturated carbocycles. The van der Waals surface area contributed by atoms with Crippen molar-refractivity contribution in [3.8, 4) is 11.4 Å². The van der Waals surface area contributed by atoms with Gasteiger partial charge in [-0.2, -0.15) is 0 Å². The van der Waals surface area contributed by atoms with E-state index in [0.29, 0.717) is 30.4 Å². The van der Waals surface area contributed by atoms with Crippen molar-refractivity contribution < 1.29 is 9.72 Å². The summed E-state index contributed by atoms with van der Waals surface area (Å²) in [6.07, 6.45) is 3.34. The number of amides is 1. The van der Waals surface area contributed by atoms with E-state index in [4.69, 9.17) is 0 Å². The van der Waals surface area contributed by atoms with Crippen LogP contribution in [0.1, 0.15) is 18.5 Å². The molecule has 10 nitrogen and oxygen atoms in total. The van der Waals surface area contributed by atoms with Gasteiger partial charge in [-0.25, -0.2) is 14.6 Å². The first-order chi connectivity index (χ1) is 15.0. The molecule has 1 N–H and O–H groups in total. The van der Waals surface area contributed by atoms with E-state index in [9.17, 15) is 14.9 Å². The average Bonchev–Trinajstić information content (AvgIpc) is 3.22.